The zero-order chi connectivity index (χ0) is 18.6. The molecule has 1 heterocycles. The second-order valence-corrected chi connectivity index (χ2v) is 5.34. The van der Waals surface area contributed by atoms with E-state index in [1.807, 2.05) is 0 Å². The molecule has 6 nitrogen and oxygen atoms in total. The molecule has 25 heavy (non-hydrogen) atoms. The fraction of sp³-hybridized carbons (Fsp3) is 0.200. The summed E-state index contributed by atoms with van der Waals surface area (Å²) < 4.78 is 45.3. The van der Waals surface area contributed by atoms with Gasteiger partial charge < -0.3 is 14.5 Å². The van der Waals surface area contributed by atoms with Gasteiger partial charge in [0.2, 0.25) is 0 Å². The number of hydrogen-bond acceptors (Lipinski definition) is 4. The molecular weight excluding hydrogens is 359 g/mol. The first-order valence-electron chi connectivity index (χ1n) is 6.94. The molecule has 0 radical (unpaired) electrons. The van der Waals surface area contributed by atoms with Crippen LogP contribution in [-0.4, -0.2) is 17.4 Å². The van der Waals surface area contributed by atoms with Crippen LogP contribution in [0.15, 0.2) is 34.7 Å². The highest BCUT2D eigenvalue weighted by atomic mass is 32.1. The summed E-state index contributed by atoms with van der Waals surface area (Å²) in [6.45, 7) is 3.37. The van der Waals surface area contributed by atoms with E-state index in [0.717, 1.165) is 12.1 Å². The van der Waals surface area contributed by atoms with Gasteiger partial charge in [0, 0.05) is 5.69 Å². The number of aryl methyl sites for hydroxylation is 2. The van der Waals surface area contributed by atoms with Gasteiger partial charge in [-0.3, -0.25) is 15.6 Å². The van der Waals surface area contributed by atoms with Gasteiger partial charge >= 0.3 is 6.36 Å². The Morgan fingerprint density at radius 3 is 2.32 bits per heavy atom. The molecule has 1 aromatic carbocycles. The van der Waals surface area contributed by atoms with Gasteiger partial charge in [0.05, 0.1) is 5.56 Å². The Hall–Kier alpha value is -2.75. The van der Waals surface area contributed by atoms with Gasteiger partial charge in [0.15, 0.2) is 5.11 Å². The highest BCUT2D eigenvalue weighted by Gasteiger charge is 2.30. The molecule has 0 bridgehead atoms. The van der Waals surface area contributed by atoms with Gasteiger partial charge in [-0.2, -0.15) is 0 Å². The zero-order valence-corrected chi connectivity index (χ0v) is 14.0. The lowest BCUT2D eigenvalue weighted by Crippen LogP contribution is -2.43. The lowest BCUT2D eigenvalue weighted by Gasteiger charge is -2.12. The van der Waals surface area contributed by atoms with Crippen molar-refractivity contribution in [3.05, 3.63) is 47.4 Å². The van der Waals surface area contributed by atoms with Crippen molar-refractivity contribution in [2.45, 2.75) is 20.2 Å². The third-order valence-electron chi connectivity index (χ3n) is 2.92. The third kappa shape index (κ3) is 5.68. The molecule has 0 atom stereocenters. The Bertz CT molecular complexity index is 773. The molecule has 0 saturated carbocycles. The summed E-state index contributed by atoms with van der Waals surface area (Å²) in [5, 5.41) is 2.76. The summed E-state index contributed by atoms with van der Waals surface area (Å²) in [7, 11) is 0. The smallest absolute Gasteiger partial charge is 0.466 e. The van der Waals surface area contributed by atoms with Crippen molar-refractivity contribution in [1.82, 2.24) is 10.9 Å². The number of hydrazine groups is 1. The topological polar surface area (TPSA) is 75.5 Å². The maximum atomic E-state index is 12.1. The molecule has 2 aromatic rings. The number of nitrogens with one attached hydrogen (secondary N) is 3. The number of halogens is 3. The van der Waals surface area contributed by atoms with Crippen molar-refractivity contribution in [3.8, 4) is 5.75 Å². The number of hydrogen-bond donors (Lipinski definition) is 3. The monoisotopic (exact) mass is 373 g/mol. The fourth-order valence-corrected chi connectivity index (χ4v) is 2.11. The minimum absolute atomic E-state index is 0.0516. The van der Waals surface area contributed by atoms with E-state index in [1.165, 1.54) is 12.1 Å². The minimum atomic E-state index is -4.75. The number of anilines is 1. The van der Waals surface area contributed by atoms with E-state index in [9.17, 15) is 18.0 Å². The molecule has 0 aliphatic heterocycles. The SMILES string of the molecule is Cc1cc(C(=O)NNC(=S)Nc2ccc(OC(F)(F)F)cc2)c(C)o1. The van der Waals surface area contributed by atoms with Crippen LogP contribution in [0, 0.1) is 13.8 Å². The zero-order valence-electron chi connectivity index (χ0n) is 13.2. The predicted octanol–water partition coefficient (Wildman–Crippen LogP) is 3.43. The molecule has 3 N–H and O–H groups in total. The Labute approximate surface area is 146 Å². The number of benzene rings is 1. The molecule has 0 aliphatic carbocycles. The van der Waals surface area contributed by atoms with Crippen LogP contribution in [0.4, 0.5) is 18.9 Å². The molecule has 0 aliphatic rings. The van der Waals surface area contributed by atoms with E-state index in [1.54, 1.807) is 19.9 Å². The number of ether oxygens (including phenoxy) is 1. The van der Waals surface area contributed by atoms with Crippen LogP contribution >= 0.6 is 12.2 Å². The minimum Gasteiger partial charge on any atom is -0.466 e. The number of amides is 1. The van der Waals surface area contributed by atoms with Crippen molar-refractivity contribution < 1.29 is 27.1 Å². The number of furan rings is 1. The summed E-state index contributed by atoms with van der Waals surface area (Å²) in [6, 6.07) is 6.55. The average molecular weight is 373 g/mol. The lowest BCUT2D eigenvalue weighted by molar-refractivity contribution is -0.274. The van der Waals surface area contributed by atoms with Crippen molar-refractivity contribution >= 4 is 28.9 Å². The largest absolute Gasteiger partial charge is 0.573 e. The predicted molar refractivity (Wildman–Crippen MR) is 88.1 cm³/mol. The molecule has 1 aromatic heterocycles. The van der Waals surface area contributed by atoms with Crippen LogP contribution in [0.5, 0.6) is 5.75 Å². The van der Waals surface area contributed by atoms with Crippen molar-refractivity contribution in [2.75, 3.05) is 5.32 Å². The number of thiocarbonyl (C=S) groups is 1. The Morgan fingerprint density at radius 2 is 1.80 bits per heavy atom. The quantitative estimate of drug-likeness (QED) is 0.565. The second-order valence-electron chi connectivity index (χ2n) is 4.93. The van der Waals surface area contributed by atoms with Crippen LogP contribution < -0.4 is 20.9 Å². The van der Waals surface area contributed by atoms with Crippen LogP contribution in [0.1, 0.15) is 21.9 Å². The average Bonchev–Trinajstić information content (AvgIpc) is 2.84. The van der Waals surface area contributed by atoms with Crippen molar-refractivity contribution in [1.29, 1.82) is 0 Å². The van der Waals surface area contributed by atoms with E-state index in [2.05, 4.69) is 20.9 Å². The van der Waals surface area contributed by atoms with Gasteiger partial charge in [-0.05, 0) is 56.4 Å². The standard InChI is InChI=1S/C15H14F3N3O3S/c1-8-7-12(9(2)23-8)13(22)20-21-14(25)19-10-3-5-11(6-4-10)24-15(16,17)18/h3-7H,1-2H3,(H,20,22)(H2,19,21,25). The molecule has 134 valence electrons. The van der Waals surface area contributed by atoms with E-state index in [4.69, 9.17) is 16.6 Å². The number of carbonyl (C=O) groups is 1. The molecule has 0 fully saturated rings. The summed E-state index contributed by atoms with van der Waals surface area (Å²) in [5.41, 5.74) is 5.65. The second kappa shape index (κ2) is 7.43. The molecule has 0 unspecified atom stereocenters. The van der Waals surface area contributed by atoms with Gasteiger partial charge in [0.1, 0.15) is 17.3 Å². The number of carbonyl (C=O) groups excluding carboxylic acids is 1. The molecule has 0 saturated heterocycles. The summed E-state index contributed by atoms with van der Waals surface area (Å²) in [6.07, 6.45) is -4.75. The van der Waals surface area contributed by atoms with Crippen molar-refractivity contribution in [2.24, 2.45) is 0 Å². The van der Waals surface area contributed by atoms with Gasteiger partial charge in [-0.25, -0.2) is 0 Å². The van der Waals surface area contributed by atoms with Gasteiger partial charge in [0.25, 0.3) is 5.91 Å². The normalized spacial score (nSPS) is 10.9. The first-order valence-corrected chi connectivity index (χ1v) is 7.35. The Balaban J connectivity index is 1.86. The number of alkyl halides is 3. The first kappa shape index (κ1) is 18.6. The maximum absolute atomic E-state index is 12.1. The summed E-state index contributed by atoms with van der Waals surface area (Å²) >= 11 is 4.99. The summed E-state index contributed by atoms with van der Waals surface area (Å²) in [4.78, 5) is 12.0. The highest BCUT2D eigenvalue weighted by Crippen LogP contribution is 2.23. The van der Waals surface area contributed by atoms with E-state index < -0.39 is 12.3 Å². The third-order valence-corrected chi connectivity index (χ3v) is 3.13. The maximum Gasteiger partial charge on any atom is 0.573 e. The molecule has 10 heteroatoms. The lowest BCUT2D eigenvalue weighted by atomic mass is 10.2. The van der Waals surface area contributed by atoms with E-state index in [-0.39, 0.29) is 10.9 Å². The van der Waals surface area contributed by atoms with Crippen LogP contribution in [0.25, 0.3) is 0 Å². The van der Waals surface area contributed by atoms with Crippen LogP contribution in [-0.2, 0) is 0 Å². The first-order chi connectivity index (χ1) is 11.6. The number of rotatable bonds is 3. The Kier molecular flexibility index (Phi) is 5.52. The molecular formula is C15H14F3N3O3S. The van der Waals surface area contributed by atoms with Crippen molar-refractivity contribution in [3.63, 3.8) is 0 Å². The molecule has 1 amide bonds. The van der Waals surface area contributed by atoms with Crippen LogP contribution in [0.3, 0.4) is 0 Å². The van der Waals surface area contributed by atoms with Crippen LogP contribution in [0.2, 0.25) is 0 Å². The fourth-order valence-electron chi connectivity index (χ4n) is 1.94. The Morgan fingerprint density at radius 1 is 1.16 bits per heavy atom. The summed E-state index contributed by atoms with van der Waals surface area (Å²) in [5.74, 6) is 0.281. The van der Waals surface area contributed by atoms with Gasteiger partial charge in [-0.1, -0.05) is 0 Å². The molecule has 0 spiro atoms. The van der Waals surface area contributed by atoms with E-state index in [0.29, 0.717) is 22.8 Å². The van der Waals surface area contributed by atoms with Gasteiger partial charge in [-0.15, -0.1) is 13.2 Å². The van der Waals surface area contributed by atoms with E-state index >= 15 is 0 Å². The molecule has 2 rings (SSSR count). The highest BCUT2D eigenvalue weighted by molar-refractivity contribution is 7.80.